The fraction of sp³-hybridized carbons (Fsp3) is 0.286. The quantitative estimate of drug-likeness (QED) is 0.560. The summed E-state index contributed by atoms with van der Waals surface area (Å²) in [5, 5.41) is 17.3. The summed E-state index contributed by atoms with van der Waals surface area (Å²) < 4.78 is 0. The minimum absolute atomic E-state index is 0.255. The van der Waals surface area contributed by atoms with E-state index in [1.54, 1.807) is 12.4 Å². The molecule has 58 valence electrons. The molecule has 0 atom stereocenters. The molecule has 0 aromatic carbocycles. The van der Waals surface area contributed by atoms with Gasteiger partial charge in [0.2, 0.25) is 0 Å². The molecule has 0 spiro atoms. The lowest BCUT2D eigenvalue weighted by molar-refractivity contribution is 0.410. The molecular weight excluding hydrogens is 141 g/mol. The Morgan fingerprint density at radius 1 is 1.55 bits per heavy atom. The molecule has 0 saturated carbocycles. The predicted molar refractivity (Wildman–Crippen MR) is 45.3 cm³/mol. The van der Waals surface area contributed by atoms with E-state index >= 15 is 0 Å². The molecule has 0 aliphatic carbocycles. The van der Waals surface area contributed by atoms with E-state index in [2.05, 4.69) is 4.99 Å². The molecule has 11 heavy (non-hydrogen) atoms. The van der Waals surface area contributed by atoms with Crippen molar-refractivity contribution in [2.45, 2.75) is 12.7 Å². The standard InChI is InChI=1S/C7H10BNO2/c10-8(11)5-7-3-1-2-4-9-6-7/h2-4,6,10-11H,1,5H2. The molecule has 0 saturated heterocycles. The Morgan fingerprint density at radius 3 is 3.09 bits per heavy atom. The van der Waals surface area contributed by atoms with E-state index in [9.17, 15) is 0 Å². The van der Waals surface area contributed by atoms with E-state index in [0.717, 1.165) is 12.0 Å². The number of nitrogens with zero attached hydrogens (tertiary/aromatic N) is 1. The van der Waals surface area contributed by atoms with Crippen molar-refractivity contribution in [3.8, 4) is 0 Å². The highest BCUT2D eigenvalue weighted by molar-refractivity contribution is 6.42. The zero-order valence-corrected chi connectivity index (χ0v) is 6.14. The van der Waals surface area contributed by atoms with Crippen LogP contribution >= 0.6 is 0 Å². The smallest absolute Gasteiger partial charge is 0.427 e. The summed E-state index contributed by atoms with van der Waals surface area (Å²) in [4.78, 5) is 3.91. The van der Waals surface area contributed by atoms with Crippen molar-refractivity contribution in [2.75, 3.05) is 0 Å². The zero-order valence-electron chi connectivity index (χ0n) is 6.14. The summed E-state index contributed by atoms with van der Waals surface area (Å²) in [6, 6.07) is 0. The Bertz CT molecular complexity index is 208. The van der Waals surface area contributed by atoms with Gasteiger partial charge in [-0.2, -0.15) is 0 Å². The van der Waals surface area contributed by atoms with Gasteiger partial charge < -0.3 is 10.0 Å². The van der Waals surface area contributed by atoms with Gasteiger partial charge in [-0.15, -0.1) is 0 Å². The second-order valence-corrected chi connectivity index (χ2v) is 2.36. The van der Waals surface area contributed by atoms with Crippen molar-refractivity contribution in [1.29, 1.82) is 0 Å². The maximum absolute atomic E-state index is 8.63. The summed E-state index contributed by atoms with van der Waals surface area (Å²) in [6.07, 6.45) is 8.24. The van der Waals surface area contributed by atoms with Crippen LogP contribution in [0.25, 0.3) is 0 Å². The molecule has 4 heteroatoms. The molecule has 2 N–H and O–H groups in total. The van der Waals surface area contributed by atoms with Crippen LogP contribution in [0.1, 0.15) is 6.42 Å². The average Bonchev–Trinajstić information content (AvgIpc) is 2.14. The molecule has 3 nitrogen and oxygen atoms in total. The SMILES string of the molecule is OB(O)CC1=CCC=CN=C1. The van der Waals surface area contributed by atoms with Crippen molar-refractivity contribution in [1.82, 2.24) is 0 Å². The highest BCUT2D eigenvalue weighted by Gasteiger charge is 2.08. The summed E-state index contributed by atoms with van der Waals surface area (Å²) >= 11 is 0. The molecule has 0 fully saturated rings. The maximum atomic E-state index is 8.63. The normalized spacial score (nSPS) is 16.0. The molecular formula is C7H10BNO2. The molecule has 0 unspecified atom stereocenters. The van der Waals surface area contributed by atoms with E-state index in [1.807, 2.05) is 12.2 Å². The van der Waals surface area contributed by atoms with Gasteiger partial charge >= 0.3 is 7.12 Å². The molecule has 0 aromatic rings. The van der Waals surface area contributed by atoms with Crippen LogP contribution < -0.4 is 0 Å². The third kappa shape index (κ3) is 3.16. The van der Waals surface area contributed by atoms with Crippen LogP contribution in [0, 0.1) is 0 Å². The van der Waals surface area contributed by atoms with Gasteiger partial charge in [0.25, 0.3) is 0 Å². The zero-order chi connectivity index (χ0) is 8.10. The van der Waals surface area contributed by atoms with Crippen LogP contribution in [0.3, 0.4) is 0 Å². The van der Waals surface area contributed by atoms with Gasteiger partial charge in [0.05, 0.1) is 0 Å². The van der Waals surface area contributed by atoms with Gasteiger partial charge in [0, 0.05) is 18.7 Å². The summed E-state index contributed by atoms with van der Waals surface area (Å²) in [5.74, 6) is 0. The number of hydrogen-bond acceptors (Lipinski definition) is 3. The Morgan fingerprint density at radius 2 is 2.36 bits per heavy atom. The van der Waals surface area contributed by atoms with E-state index in [4.69, 9.17) is 10.0 Å². The highest BCUT2D eigenvalue weighted by Crippen LogP contribution is 2.05. The summed E-state index contributed by atoms with van der Waals surface area (Å²) in [6.45, 7) is 0. The third-order valence-electron chi connectivity index (χ3n) is 1.37. The van der Waals surface area contributed by atoms with Crippen LogP contribution in [-0.2, 0) is 0 Å². The monoisotopic (exact) mass is 151 g/mol. The van der Waals surface area contributed by atoms with E-state index < -0.39 is 7.12 Å². The van der Waals surface area contributed by atoms with Crippen molar-refractivity contribution in [3.05, 3.63) is 23.9 Å². The highest BCUT2D eigenvalue weighted by atomic mass is 16.4. The molecule has 0 aromatic heterocycles. The van der Waals surface area contributed by atoms with Crippen LogP contribution in [0.2, 0.25) is 6.32 Å². The van der Waals surface area contributed by atoms with E-state index in [0.29, 0.717) is 0 Å². The molecule has 1 aliphatic rings. The third-order valence-corrected chi connectivity index (χ3v) is 1.37. The van der Waals surface area contributed by atoms with Crippen LogP contribution in [0.4, 0.5) is 0 Å². The lowest BCUT2D eigenvalue weighted by Crippen LogP contribution is -2.11. The molecule has 0 bridgehead atoms. The molecule has 0 amide bonds. The first-order valence-corrected chi connectivity index (χ1v) is 3.52. The van der Waals surface area contributed by atoms with Crippen LogP contribution in [-0.4, -0.2) is 23.4 Å². The van der Waals surface area contributed by atoms with E-state index in [-0.39, 0.29) is 6.32 Å². The fourth-order valence-corrected chi connectivity index (χ4v) is 0.879. The molecule has 1 rings (SSSR count). The van der Waals surface area contributed by atoms with Gasteiger partial charge in [-0.25, -0.2) is 0 Å². The molecule has 1 aliphatic heterocycles. The number of hydrogen-bond donors (Lipinski definition) is 2. The van der Waals surface area contributed by atoms with Crippen molar-refractivity contribution >= 4 is 13.3 Å². The van der Waals surface area contributed by atoms with Gasteiger partial charge in [-0.3, -0.25) is 4.99 Å². The Labute approximate surface area is 65.9 Å². The van der Waals surface area contributed by atoms with Gasteiger partial charge in [-0.05, 0) is 12.0 Å². The van der Waals surface area contributed by atoms with Gasteiger partial charge in [0.1, 0.15) is 0 Å². The number of allylic oxidation sites excluding steroid dienone is 3. The fourth-order valence-electron chi connectivity index (χ4n) is 0.879. The Kier molecular flexibility index (Phi) is 3.07. The van der Waals surface area contributed by atoms with E-state index in [1.165, 1.54) is 0 Å². The topological polar surface area (TPSA) is 52.8 Å². The van der Waals surface area contributed by atoms with Gasteiger partial charge in [0.15, 0.2) is 0 Å². The Balaban J connectivity index is 2.51. The minimum atomic E-state index is -1.27. The average molecular weight is 151 g/mol. The lowest BCUT2D eigenvalue weighted by Gasteiger charge is -1.97. The van der Waals surface area contributed by atoms with Crippen LogP contribution in [0.5, 0.6) is 0 Å². The van der Waals surface area contributed by atoms with Crippen LogP contribution in [0.15, 0.2) is 28.9 Å². The predicted octanol–water partition coefficient (Wildman–Crippen LogP) is 0.374. The van der Waals surface area contributed by atoms with Crippen molar-refractivity contribution in [3.63, 3.8) is 0 Å². The lowest BCUT2D eigenvalue weighted by atomic mass is 9.82. The maximum Gasteiger partial charge on any atom is 0.456 e. The number of aliphatic imine (C=N–C) groups is 1. The van der Waals surface area contributed by atoms with Crippen molar-refractivity contribution < 1.29 is 10.0 Å². The molecule has 1 heterocycles. The molecule has 0 radical (unpaired) electrons. The first-order valence-electron chi connectivity index (χ1n) is 3.52. The van der Waals surface area contributed by atoms with Gasteiger partial charge in [-0.1, -0.05) is 12.2 Å². The van der Waals surface area contributed by atoms with Crippen molar-refractivity contribution in [2.24, 2.45) is 4.99 Å². The second kappa shape index (κ2) is 4.11. The number of rotatable bonds is 2. The summed E-state index contributed by atoms with van der Waals surface area (Å²) in [5.41, 5.74) is 0.866. The first-order chi connectivity index (χ1) is 5.29. The second-order valence-electron chi connectivity index (χ2n) is 2.36. The summed E-state index contributed by atoms with van der Waals surface area (Å²) in [7, 11) is -1.27. The minimum Gasteiger partial charge on any atom is -0.427 e. The Hall–Kier alpha value is -0.865. The largest absolute Gasteiger partial charge is 0.456 e. The first kappa shape index (κ1) is 8.23.